The standard InChI is InChI=1S/C9H18N2O/c1-8(12)10-9-4-6-11(2,3)7-5-9/h9H,4-7H2,1-3H3/p+1. The van der Waals surface area contributed by atoms with E-state index >= 15 is 0 Å². The number of quaternary nitrogens is 1. The summed E-state index contributed by atoms with van der Waals surface area (Å²) in [5.74, 6) is 0.104. The molecule has 1 saturated heterocycles. The highest BCUT2D eigenvalue weighted by atomic mass is 16.1. The molecule has 1 rings (SSSR count). The smallest absolute Gasteiger partial charge is 0.217 e. The number of nitrogens with zero attached hydrogens (tertiary/aromatic N) is 1. The summed E-state index contributed by atoms with van der Waals surface area (Å²) in [6.45, 7) is 3.94. The van der Waals surface area contributed by atoms with Gasteiger partial charge in [-0.1, -0.05) is 0 Å². The van der Waals surface area contributed by atoms with Crippen molar-refractivity contribution in [2.45, 2.75) is 25.8 Å². The van der Waals surface area contributed by atoms with Crippen LogP contribution < -0.4 is 5.32 Å². The largest absolute Gasteiger partial charge is 0.353 e. The van der Waals surface area contributed by atoms with Crippen molar-refractivity contribution >= 4 is 5.91 Å². The monoisotopic (exact) mass is 171 g/mol. The van der Waals surface area contributed by atoms with Crippen molar-refractivity contribution in [1.82, 2.24) is 5.32 Å². The molecule has 0 saturated carbocycles. The average molecular weight is 171 g/mol. The Labute approximate surface area is 74.3 Å². The summed E-state index contributed by atoms with van der Waals surface area (Å²) in [5, 5.41) is 2.97. The number of rotatable bonds is 1. The van der Waals surface area contributed by atoms with E-state index in [1.807, 2.05) is 0 Å². The van der Waals surface area contributed by atoms with Gasteiger partial charge in [-0.3, -0.25) is 4.79 Å². The summed E-state index contributed by atoms with van der Waals surface area (Å²) in [6.07, 6.45) is 2.24. The number of hydrogen-bond acceptors (Lipinski definition) is 1. The second-order valence-corrected chi connectivity index (χ2v) is 4.36. The highest BCUT2D eigenvalue weighted by Gasteiger charge is 2.25. The molecular formula is C9H19N2O+. The lowest BCUT2D eigenvalue weighted by Crippen LogP contribution is -2.51. The molecular weight excluding hydrogens is 152 g/mol. The SMILES string of the molecule is CC(=O)NC1CC[N+](C)(C)CC1. The van der Waals surface area contributed by atoms with E-state index in [2.05, 4.69) is 19.4 Å². The maximum Gasteiger partial charge on any atom is 0.217 e. The Bertz CT molecular complexity index is 167. The van der Waals surface area contributed by atoms with Crippen LogP contribution in [0.25, 0.3) is 0 Å². The summed E-state index contributed by atoms with van der Waals surface area (Å²) in [7, 11) is 4.48. The molecule has 1 heterocycles. The quantitative estimate of drug-likeness (QED) is 0.567. The first-order chi connectivity index (χ1) is 5.49. The number of amides is 1. The Balaban J connectivity index is 2.31. The van der Waals surface area contributed by atoms with E-state index in [-0.39, 0.29) is 5.91 Å². The maximum absolute atomic E-state index is 10.8. The minimum Gasteiger partial charge on any atom is -0.353 e. The maximum atomic E-state index is 10.8. The third-order valence-corrected chi connectivity index (χ3v) is 2.57. The van der Waals surface area contributed by atoms with E-state index < -0.39 is 0 Å². The van der Waals surface area contributed by atoms with Crippen LogP contribution >= 0.6 is 0 Å². The molecule has 1 N–H and O–H groups in total. The van der Waals surface area contributed by atoms with Crippen LogP contribution in [0.3, 0.4) is 0 Å². The van der Waals surface area contributed by atoms with Crippen molar-refractivity contribution in [3.05, 3.63) is 0 Å². The lowest BCUT2D eigenvalue weighted by molar-refractivity contribution is -0.895. The molecule has 1 amide bonds. The molecule has 12 heavy (non-hydrogen) atoms. The van der Waals surface area contributed by atoms with Gasteiger partial charge >= 0.3 is 0 Å². The van der Waals surface area contributed by atoms with Crippen LogP contribution in [0.2, 0.25) is 0 Å². The lowest BCUT2D eigenvalue weighted by Gasteiger charge is -2.37. The Morgan fingerprint density at radius 1 is 1.33 bits per heavy atom. The number of carbonyl (C=O) groups is 1. The van der Waals surface area contributed by atoms with E-state index in [1.165, 1.54) is 13.1 Å². The van der Waals surface area contributed by atoms with Gasteiger partial charge in [-0.2, -0.15) is 0 Å². The minimum absolute atomic E-state index is 0.104. The fourth-order valence-corrected chi connectivity index (χ4v) is 1.70. The van der Waals surface area contributed by atoms with E-state index in [0.717, 1.165) is 17.3 Å². The normalized spacial score (nSPS) is 23.6. The number of likely N-dealkylation sites (tertiary alicyclic amines) is 1. The fourth-order valence-electron chi connectivity index (χ4n) is 1.70. The van der Waals surface area contributed by atoms with Crippen LogP contribution in [-0.4, -0.2) is 43.6 Å². The van der Waals surface area contributed by atoms with Gasteiger partial charge < -0.3 is 9.80 Å². The van der Waals surface area contributed by atoms with Crippen LogP contribution in [0.1, 0.15) is 19.8 Å². The third-order valence-electron chi connectivity index (χ3n) is 2.57. The van der Waals surface area contributed by atoms with Gasteiger partial charge in [0.05, 0.1) is 27.2 Å². The minimum atomic E-state index is 0.104. The molecule has 0 aliphatic carbocycles. The molecule has 1 fully saturated rings. The first-order valence-electron chi connectivity index (χ1n) is 4.59. The Kier molecular flexibility index (Phi) is 2.73. The number of hydrogen-bond donors (Lipinski definition) is 1. The van der Waals surface area contributed by atoms with E-state index in [4.69, 9.17) is 0 Å². The third kappa shape index (κ3) is 2.81. The Morgan fingerprint density at radius 2 is 1.83 bits per heavy atom. The van der Waals surface area contributed by atoms with Crippen molar-refractivity contribution in [1.29, 1.82) is 0 Å². The summed E-state index contributed by atoms with van der Waals surface area (Å²) in [6, 6.07) is 0.425. The molecule has 0 unspecified atom stereocenters. The zero-order valence-electron chi connectivity index (χ0n) is 8.26. The predicted octanol–water partition coefficient (Wildman–Crippen LogP) is 0.361. The summed E-state index contributed by atoms with van der Waals surface area (Å²) in [5.41, 5.74) is 0. The van der Waals surface area contributed by atoms with Gasteiger partial charge in [0.1, 0.15) is 0 Å². The lowest BCUT2D eigenvalue weighted by atomic mass is 10.0. The van der Waals surface area contributed by atoms with E-state index in [9.17, 15) is 4.79 Å². The number of nitrogens with one attached hydrogen (secondary N) is 1. The highest BCUT2D eigenvalue weighted by Crippen LogP contribution is 2.13. The van der Waals surface area contributed by atoms with Gasteiger partial charge in [0.15, 0.2) is 0 Å². The molecule has 1 aliphatic rings. The van der Waals surface area contributed by atoms with Gasteiger partial charge in [0.2, 0.25) is 5.91 Å². The topological polar surface area (TPSA) is 29.1 Å². The molecule has 0 bridgehead atoms. The fraction of sp³-hybridized carbons (Fsp3) is 0.889. The first kappa shape index (κ1) is 9.52. The first-order valence-corrected chi connectivity index (χ1v) is 4.59. The number of carbonyl (C=O) groups excluding carboxylic acids is 1. The van der Waals surface area contributed by atoms with Crippen molar-refractivity contribution in [3.63, 3.8) is 0 Å². The van der Waals surface area contributed by atoms with Crippen molar-refractivity contribution in [2.24, 2.45) is 0 Å². The van der Waals surface area contributed by atoms with E-state index in [1.54, 1.807) is 6.92 Å². The van der Waals surface area contributed by atoms with Crippen LogP contribution in [0.4, 0.5) is 0 Å². The highest BCUT2D eigenvalue weighted by molar-refractivity contribution is 5.73. The molecule has 70 valence electrons. The van der Waals surface area contributed by atoms with Gasteiger partial charge in [0, 0.05) is 25.8 Å². The summed E-state index contributed by atoms with van der Waals surface area (Å²) in [4.78, 5) is 10.8. The number of piperidine rings is 1. The van der Waals surface area contributed by atoms with Crippen molar-refractivity contribution < 1.29 is 9.28 Å². The molecule has 0 aromatic heterocycles. The molecule has 0 aromatic rings. The predicted molar refractivity (Wildman–Crippen MR) is 48.7 cm³/mol. The van der Waals surface area contributed by atoms with Crippen molar-refractivity contribution in [3.8, 4) is 0 Å². The molecule has 0 aromatic carbocycles. The van der Waals surface area contributed by atoms with Crippen LogP contribution in [0.15, 0.2) is 0 Å². The zero-order chi connectivity index (χ0) is 9.19. The molecule has 0 radical (unpaired) electrons. The molecule has 0 atom stereocenters. The Hall–Kier alpha value is -0.570. The van der Waals surface area contributed by atoms with Gasteiger partial charge in [-0.15, -0.1) is 0 Å². The van der Waals surface area contributed by atoms with E-state index in [0.29, 0.717) is 6.04 Å². The summed E-state index contributed by atoms with van der Waals surface area (Å²) >= 11 is 0. The molecule has 3 nitrogen and oxygen atoms in total. The van der Waals surface area contributed by atoms with Gasteiger partial charge in [-0.25, -0.2) is 0 Å². The summed E-state index contributed by atoms with van der Waals surface area (Å²) < 4.78 is 1.09. The van der Waals surface area contributed by atoms with Crippen LogP contribution in [-0.2, 0) is 4.79 Å². The van der Waals surface area contributed by atoms with Gasteiger partial charge in [0.25, 0.3) is 0 Å². The van der Waals surface area contributed by atoms with Gasteiger partial charge in [-0.05, 0) is 0 Å². The Morgan fingerprint density at radius 3 is 2.25 bits per heavy atom. The molecule has 1 aliphatic heterocycles. The molecule has 3 heteroatoms. The van der Waals surface area contributed by atoms with Crippen LogP contribution in [0.5, 0.6) is 0 Å². The second kappa shape index (κ2) is 3.44. The zero-order valence-corrected chi connectivity index (χ0v) is 8.26. The average Bonchev–Trinajstić information content (AvgIpc) is 1.93. The van der Waals surface area contributed by atoms with Crippen molar-refractivity contribution in [2.75, 3.05) is 27.2 Å². The van der Waals surface area contributed by atoms with Crippen LogP contribution in [0, 0.1) is 0 Å². The second-order valence-electron chi connectivity index (χ2n) is 4.36. The molecule has 0 spiro atoms.